The molecule has 0 aliphatic rings. The number of tetrazole rings is 1. The quantitative estimate of drug-likeness (QED) is 0.295. The summed E-state index contributed by atoms with van der Waals surface area (Å²) in [5, 5.41) is 15.4. The molecule has 0 aliphatic heterocycles. The minimum absolute atomic E-state index is 0.0835. The normalized spacial score (nSPS) is 11.8. The smallest absolute Gasteiger partial charge is 0.418 e. The van der Waals surface area contributed by atoms with Crippen LogP contribution in [0.15, 0.2) is 72.1 Å². The zero-order valence-corrected chi connectivity index (χ0v) is 18.6. The van der Waals surface area contributed by atoms with Crippen LogP contribution < -0.4 is 5.32 Å². The summed E-state index contributed by atoms with van der Waals surface area (Å²) in [7, 11) is 0. The van der Waals surface area contributed by atoms with Gasteiger partial charge in [-0.15, -0.1) is 16.4 Å². The van der Waals surface area contributed by atoms with Crippen molar-refractivity contribution in [2.24, 2.45) is 0 Å². The van der Waals surface area contributed by atoms with Crippen LogP contribution in [0.5, 0.6) is 0 Å². The maximum absolute atomic E-state index is 13.2. The number of rotatable bonds is 7. The highest BCUT2D eigenvalue weighted by Crippen LogP contribution is 2.34. The fraction of sp³-hybridized carbons (Fsp3) is 0.0870. The molecule has 35 heavy (non-hydrogen) atoms. The van der Waals surface area contributed by atoms with E-state index in [1.54, 1.807) is 41.8 Å². The number of nitrogens with zero attached hydrogens (tertiary/aromatic N) is 4. The van der Waals surface area contributed by atoms with Crippen LogP contribution in [0.2, 0.25) is 0 Å². The summed E-state index contributed by atoms with van der Waals surface area (Å²) in [6.45, 7) is -0.824. The van der Waals surface area contributed by atoms with Gasteiger partial charge in [-0.25, -0.2) is 4.79 Å². The predicted molar refractivity (Wildman–Crippen MR) is 123 cm³/mol. The molecule has 2 aromatic carbocycles. The number of halogens is 3. The molecule has 0 spiro atoms. The number of esters is 1. The Bertz CT molecular complexity index is 1350. The van der Waals surface area contributed by atoms with Crippen LogP contribution >= 0.6 is 11.3 Å². The third-order valence-electron chi connectivity index (χ3n) is 4.60. The average Bonchev–Trinajstić information content (AvgIpc) is 3.53. The van der Waals surface area contributed by atoms with Gasteiger partial charge in [-0.2, -0.15) is 17.9 Å². The van der Waals surface area contributed by atoms with Crippen LogP contribution in [0.1, 0.15) is 10.4 Å². The molecule has 0 fully saturated rings. The van der Waals surface area contributed by atoms with Crippen molar-refractivity contribution in [2.75, 3.05) is 11.9 Å². The van der Waals surface area contributed by atoms with Gasteiger partial charge in [0.15, 0.2) is 18.1 Å². The molecular weight excluding hydrogens is 483 g/mol. The number of carbonyl (C=O) groups excluding carboxylic acids is 2. The molecule has 8 nitrogen and oxygen atoms in total. The van der Waals surface area contributed by atoms with E-state index in [1.807, 2.05) is 6.07 Å². The maximum Gasteiger partial charge on any atom is 0.418 e. The molecule has 178 valence electrons. The molecule has 1 amide bonds. The van der Waals surface area contributed by atoms with Crippen molar-refractivity contribution in [1.29, 1.82) is 0 Å². The second-order valence-electron chi connectivity index (χ2n) is 6.99. The molecule has 0 unspecified atom stereocenters. The van der Waals surface area contributed by atoms with Crippen molar-refractivity contribution < 1.29 is 27.5 Å². The number of ether oxygens (including phenoxy) is 1. The van der Waals surface area contributed by atoms with E-state index in [0.29, 0.717) is 10.4 Å². The third-order valence-corrected chi connectivity index (χ3v) is 5.42. The van der Waals surface area contributed by atoms with E-state index in [1.165, 1.54) is 34.2 Å². The Labute approximate surface area is 200 Å². The van der Waals surface area contributed by atoms with E-state index >= 15 is 0 Å². The number of nitrogens with one attached hydrogen (secondary N) is 1. The lowest BCUT2D eigenvalue weighted by atomic mass is 10.1. The number of hydrogen-bond donors (Lipinski definition) is 1. The van der Waals surface area contributed by atoms with Crippen molar-refractivity contribution in [3.63, 3.8) is 0 Å². The van der Waals surface area contributed by atoms with E-state index in [0.717, 1.165) is 12.1 Å². The summed E-state index contributed by atoms with van der Waals surface area (Å²) >= 11 is 1.35. The van der Waals surface area contributed by atoms with Crippen LogP contribution in [-0.4, -0.2) is 38.7 Å². The lowest BCUT2D eigenvalue weighted by Crippen LogP contribution is -2.24. The summed E-state index contributed by atoms with van der Waals surface area (Å²) in [5.74, 6) is -1.62. The number of anilines is 1. The van der Waals surface area contributed by atoms with E-state index < -0.39 is 35.9 Å². The Morgan fingerprint density at radius 3 is 2.49 bits per heavy atom. The van der Waals surface area contributed by atoms with Gasteiger partial charge in [-0.1, -0.05) is 48.5 Å². The van der Waals surface area contributed by atoms with Crippen molar-refractivity contribution in [3.05, 3.63) is 82.6 Å². The molecule has 0 radical (unpaired) electrons. The molecule has 0 aliphatic carbocycles. The highest BCUT2D eigenvalue weighted by atomic mass is 32.1. The van der Waals surface area contributed by atoms with Crippen molar-refractivity contribution in [3.8, 4) is 11.4 Å². The van der Waals surface area contributed by atoms with Crippen molar-refractivity contribution in [1.82, 2.24) is 20.2 Å². The van der Waals surface area contributed by atoms with E-state index in [4.69, 9.17) is 4.74 Å². The van der Waals surface area contributed by atoms with Gasteiger partial charge < -0.3 is 10.1 Å². The van der Waals surface area contributed by atoms with Gasteiger partial charge in [-0.3, -0.25) is 4.79 Å². The number of benzene rings is 2. The van der Waals surface area contributed by atoms with Crippen LogP contribution in [0.4, 0.5) is 18.9 Å². The Balaban J connectivity index is 1.55. The van der Waals surface area contributed by atoms with Crippen LogP contribution in [0, 0.1) is 0 Å². The minimum Gasteiger partial charge on any atom is -0.451 e. The molecule has 2 aromatic heterocycles. The fourth-order valence-corrected chi connectivity index (χ4v) is 3.71. The molecular formula is C23H16F3N5O3S. The number of alkyl halides is 3. The molecule has 0 saturated carbocycles. The summed E-state index contributed by atoms with van der Waals surface area (Å²) in [6.07, 6.45) is -3.17. The molecule has 4 aromatic rings. The number of thiophene rings is 1. The van der Waals surface area contributed by atoms with Crippen molar-refractivity contribution >= 4 is 40.7 Å². The Morgan fingerprint density at radius 2 is 1.77 bits per heavy atom. The Morgan fingerprint density at radius 1 is 1.03 bits per heavy atom. The zero-order chi connectivity index (χ0) is 24.8. The first kappa shape index (κ1) is 23.8. The first-order valence-electron chi connectivity index (χ1n) is 10.1. The summed E-state index contributed by atoms with van der Waals surface area (Å²) in [4.78, 5) is 26.0. The monoisotopic (exact) mass is 499 g/mol. The van der Waals surface area contributed by atoms with Gasteiger partial charge in [0.05, 0.1) is 11.3 Å². The highest BCUT2D eigenvalue weighted by Gasteiger charge is 2.33. The number of para-hydroxylation sites is 1. The highest BCUT2D eigenvalue weighted by molar-refractivity contribution is 7.10. The van der Waals surface area contributed by atoms with Gasteiger partial charge in [-0.05, 0) is 40.1 Å². The SMILES string of the molecule is O=C(COC(=O)/C(=C/c1cccs1)n1nnnc1-c1ccccc1)Nc1ccccc1C(F)(F)F. The number of carbonyl (C=O) groups is 2. The molecule has 1 N–H and O–H groups in total. The van der Waals surface area contributed by atoms with Gasteiger partial charge in [0.2, 0.25) is 0 Å². The van der Waals surface area contributed by atoms with Gasteiger partial charge in [0.1, 0.15) is 0 Å². The molecule has 2 heterocycles. The summed E-state index contributed by atoms with van der Waals surface area (Å²) in [5.41, 5.74) is -0.912. The van der Waals surface area contributed by atoms with Crippen LogP contribution in [-0.2, 0) is 20.5 Å². The maximum atomic E-state index is 13.2. The number of amides is 1. The zero-order valence-electron chi connectivity index (χ0n) is 17.8. The second kappa shape index (κ2) is 10.3. The predicted octanol–water partition coefficient (Wildman–Crippen LogP) is 4.60. The van der Waals surface area contributed by atoms with Gasteiger partial charge >= 0.3 is 12.1 Å². The first-order valence-corrected chi connectivity index (χ1v) is 10.9. The lowest BCUT2D eigenvalue weighted by molar-refractivity contribution is -0.142. The fourth-order valence-electron chi connectivity index (χ4n) is 3.06. The Kier molecular flexibility index (Phi) is 7.01. The molecule has 4 rings (SSSR count). The van der Waals surface area contributed by atoms with E-state index in [2.05, 4.69) is 20.8 Å². The second-order valence-corrected chi connectivity index (χ2v) is 7.97. The van der Waals surface area contributed by atoms with E-state index in [-0.39, 0.29) is 11.5 Å². The third kappa shape index (κ3) is 5.79. The summed E-state index contributed by atoms with van der Waals surface area (Å²) < 4.78 is 45.8. The number of aromatic nitrogens is 4. The van der Waals surface area contributed by atoms with Gasteiger partial charge in [0.25, 0.3) is 5.91 Å². The molecule has 0 atom stereocenters. The summed E-state index contributed by atoms with van der Waals surface area (Å²) in [6, 6.07) is 16.9. The molecule has 12 heteroatoms. The van der Waals surface area contributed by atoms with Crippen molar-refractivity contribution in [2.45, 2.75) is 6.18 Å². The Hall–Kier alpha value is -4.32. The van der Waals surface area contributed by atoms with Crippen LogP contribution in [0.3, 0.4) is 0 Å². The molecule has 0 bridgehead atoms. The largest absolute Gasteiger partial charge is 0.451 e. The van der Waals surface area contributed by atoms with Crippen LogP contribution in [0.25, 0.3) is 23.2 Å². The topological polar surface area (TPSA) is 99.0 Å². The standard InChI is InChI=1S/C23H16F3N5O3S/c24-23(25,26)17-10-4-5-11-18(17)27-20(32)14-34-22(33)19(13-16-9-6-12-35-16)31-21(28-29-30-31)15-7-2-1-3-8-15/h1-13H,14H2,(H,27,32)/b19-13-. The van der Waals surface area contributed by atoms with E-state index in [9.17, 15) is 22.8 Å². The average molecular weight is 499 g/mol. The minimum atomic E-state index is -4.66. The van der Waals surface area contributed by atoms with Gasteiger partial charge in [0, 0.05) is 10.4 Å². The lowest BCUT2D eigenvalue weighted by Gasteiger charge is -2.14. The molecule has 0 saturated heterocycles. The first-order chi connectivity index (χ1) is 16.8. The number of hydrogen-bond acceptors (Lipinski definition) is 7.